The molecule has 0 aromatic rings. The summed E-state index contributed by atoms with van der Waals surface area (Å²) in [4.78, 5) is 0. The molecule has 3 unspecified atom stereocenters. The summed E-state index contributed by atoms with van der Waals surface area (Å²) in [6, 6.07) is 0. The summed E-state index contributed by atoms with van der Waals surface area (Å²) < 4.78 is 5.91. The van der Waals surface area contributed by atoms with Crippen molar-refractivity contribution in [3.8, 4) is 11.8 Å². The summed E-state index contributed by atoms with van der Waals surface area (Å²) in [6.07, 6.45) is 7.02. The Balaban J connectivity index is 2.10. The van der Waals surface area contributed by atoms with Crippen molar-refractivity contribution in [2.45, 2.75) is 64.6 Å². The molecule has 0 aromatic carbocycles. The quantitative estimate of drug-likeness (QED) is 0.524. The zero-order chi connectivity index (χ0) is 13.9. The average molecular weight is 267 g/mol. The maximum absolute atomic E-state index is 9.87. The van der Waals surface area contributed by atoms with Crippen LogP contribution in [-0.4, -0.2) is 37.0 Å². The van der Waals surface area contributed by atoms with E-state index in [0.29, 0.717) is 25.2 Å². The topological polar surface area (TPSA) is 41.5 Å². The fraction of sp³-hybridized carbons (Fsp3) is 0.875. The first-order chi connectivity index (χ1) is 9.27. The van der Waals surface area contributed by atoms with Crippen molar-refractivity contribution < 1.29 is 9.84 Å². The molecule has 1 rings (SSSR count). The lowest BCUT2D eigenvalue weighted by Gasteiger charge is -2.31. The number of rotatable bonds is 8. The molecular weight excluding hydrogens is 238 g/mol. The molecule has 0 amide bonds. The van der Waals surface area contributed by atoms with Gasteiger partial charge in [-0.25, -0.2) is 0 Å². The van der Waals surface area contributed by atoms with Gasteiger partial charge in [0.25, 0.3) is 0 Å². The highest BCUT2D eigenvalue weighted by Gasteiger charge is 2.24. The second-order valence-electron chi connectivity index (χ2n) is 5.36. The Morgan fingerprint density at radius 1 is 1.37 bits per heavy atom. The molecule has 0 aromatic heterocycles. The predicted octanol–water partition coefficient (Wildman–Crippen LogP) is 2.34. The third-order valence-corrected chi connectivity index (χ3v) is 3.85. The van der Waals surface area contributed by atoms with Crippen molar-refractivity contribution in [2.24, 2.45) is 5.92 Å². The lowest BCUT2D eigenvalue weighted by Crippen LogP contribution is -2.35. The van der Waals surface area contributed by atoms with Gasteiger partial charge in [0.2, 0.25) is 0 Å². The van der Waals surface area contributed by atoms with Crippen molar-refractivity contribution >= 4 is 0 Å². The number of aliphatic hydroxyl groups excluding tert-OH is 1. The molecule has 1 fully saturated rings. The summed E-state index contributed by atoms with van der Waals surface area (Å²) in [5, 5.41) is 13.1. The van der Waals surface area contributed by atoms with E-state index in [1.54, 1.807) is 0 Å². The zero-order valence-corrected chi connectivity index (χ0v) is 12.5. The fourth-order valence-electron chi connectivity index (χ4n) is 2.70. The highest BCUT2D eigenvalue weighted by atomic mass is 16.5. The molecule has 3 atom stereocenters. The minimum Gasteiger partial charge on any atom is -0.389 e. The average Bonchev–Trinajstić information content (AvgIpc) is 2.45. The molecular formula is C16H29NO2. The third-order valence-electron chi connectivity index (χ3n) is 3.85. The maximum Gasteiger partial charge on any atom is 0.0897 e. The monoisotopic (exact) mass is 267 g/mol. The van der Waals surface area contributed by atoms with Gasteiger partial charge in [-0.1, -0.05) is 26.2 Å². The molecule has 3 heteroatoms. The molecule has 0 saturated heterocycles. The van der Waals surface area contributed by atoms with Gasteiger partial charge in [-0.2, -0.15) is 0 Å². The van der Waals surface area contributed by atoms with Crippen LogP contribution in [0.25, 0.3) is 0 Å². The van der Waals surface area contributed by atoms with Crippen LogP contribution in [-0.2, 0) is 4.74 Å². The Labute approximate surface area is 118 Å². The summed E-state index contributed by atoms with van der Waals surface area (Å²) in [5.41, 5.74) is 0. The highest BCUT2D eigenvalue weighted by molar-refractivity contribution is 4.95. The summed E-state index contributed by atoms with van der Waals surface area (Å²) in [5.74, 6) is 6.54. The summed E-state index contributed by atoms with van der Waals surface area (Å²) >= 11 is 0. The van der Waals surface area contributed by atoms with Gasteiger partial charge < -0.3 is 15.2 Å². The molecule has 0 bridgehead atoms. The molecule has 19 heavy (non-hydrogen) atoms. The summed E-state index contributed by atoms with van der Waals surface area (Å²) in [6.45, 7) is 5.96. The van der Waals surface area contributed by atoms with E-state index in [1.807, 2.05) is 6.92 Å². The second-order valence-corrected chi connectivity index (χ2v) is 5.36. The molecule has 110 valence electrons. The van der Waals surface area contributed by atoms with Crippen LogP contribution in [0.5, 0.6) is 0 Å². The molecule has 0 radical (unpaired) electrons. The van der Waals surface area contributed by atoms with E-state index in [0.717, 1.165) is 19.4 Å². The SMILES string of the molecule is CC#CCCNCC(O)COC1CCCCC1CC. The van der Waals surface area contributed by atoms with Gasteiger partial charge in [-0.05, 0) is 25.7 Å². The Morgan fingerprint density at radius 3 is 2.89 bits per heavy atom. The maximum atomic E-state index is 9.87. The van der Waals surface area contributed by atoms with Crippen LogP contribution in [0.3, 0.4) is 0 Å². The number of hydrogen-bond donors (Lipinski definition) is 2. The van der Waals surface area contributed by atoms with Crippen LogP contribution < -0.4 is 5.32 Å². The van der Waals surface area contributed by atoms with Crippen molar-refractivity contribution in [3.63, 3.8) is 0 Å². The minimum atomic E-state index is -0.408. The zero-order valence-electron chi connectivity index (χ0n) is 12.5. The van der Waals surface area contributed by atoms with E-state index in [4.69, 9.17) is 4.74 Å². The van der Waals surface area contributed by atoms with Gasteiger partial charge >= 0.3 is 0 Å². The van der Waals surface area contributed by atoms with Gasteiger partial charge in [-0.3, -0.25) is 0 Å². The number of ether oxygens (including phenoxy) is 1. The van der Waals surface area contributed by atoms with Gasteiger partial charge in [0.05, 0.1) is 18.8 Å². The van der Waals surface area contributed by atoms with Crippen LogP contribution in [0.2, 0.25) is 0 Å². The van der Waals surface area contributed by atoms with Gasteiger partial charge in [-0.15, -0.1) is 11.8 Å². The number of hydrogen-bond acceptors (Lipinski definition) is 3. The molecule has 3 nitrogen and oxygen atoms in total. The third kappa shape index (κ3) is 6.96. The predicted molar refractivity (Wildman–Crippen MR) is 78.9 cm³/mol. The molecule has 1 saturated carbocycles. The lowest BCUT2D eigenvalue weighted by molar-refractivity contribution is -0.0498. The van der Waals surface area contributed by atoms with E-state index >= 15 is 0 Å². The lowest BCUT2D eigenvalue weighted by atomic mass is 9.85. The molecule has 1 aliphatic carbocycles. The van der Waals surface area contributed by atoms with Crippen molar-refractivity contribution in [2.75, 3.05) is 19.7 Å². The Kier molecular flexibility index (Phi) is 8.90. The molecule has 0 heterocycles. The smallest absolute Gasteiger partial charge is 0.0897 e. The Bertz CT molecular complexity index is 282. The summed E-state index contributed by atoms with van der Waals surface area (Å²) in [7, 11) is 0. The van der Waals surface area contributed by atoms with E-state index < -0.39 is 6.10 Å². The van der Waals surface area contributed by atoms with Gasteiger partial charge in [0.15, 0.2) is 0 Å². The van der Waals surface area contributed by atoms with Crippen molar-refractivity contribution in [3.05, 3.63) is 0 Å². The second kappa shape index (κ2) is 10.3. The van der Waals surface area contributed by atoms with Crippen LogP contribution in [0.15, 0.2) is 0 Å². The largest absolute Gasteiger partial charge is 0.389 e. The van der Waals surface area contributed by atoms with E-state index in [1.165, 1.54) is 25.7 Å². The van der Waals surface area contributed by atoms with Gasteiger partial charge in [0.1, 0.15) is 0 Å². The van der Waals surface area contributed by atoms with Crippen LogP contribution in [0, 0.1) is 17.8 Å². The van der Waals surface area contributed by atoms with Crippen LogP contribution >= 0.6 is 0 Å². The fourth-order valence-corrected chi connectivity index (χ4v) is 2.70. The van der Waals surface area contributed by atoms with E-state index in [9.17, 15) is 5.11 Å². The van der Waals surface area contributed by atoms with Crippen molar-refractivity contribution in [1.82, 2.24) is 5.32 Å². The van der Waals surface area contributed by atoms with Gasteiger partial charge in [0, 0.05) is 19.5 Å². The Morgan fingerprint density at radius 2 is 2.16 bits per heavy atom. The molecule has 2 N–H and O–H groups in total. The highest BCUT2D eigenvalue weighted by Crippen LogP contribution is 2.29. The first kappa shape index (κ1) is 16.5. The number of nitrogens with one attached hydrogen (secondary N) is 1. The molecule has 0 aliphatic heterocycles. The van der Waals surface area contributed by atoms with E-state index in [-0.39, 0.29) is 0 Å². The standard InChI is InChI=1S/C16H29NO2/c1-3-5-8-11-17-12-15(18)13-19-16-10-7-6-9-14(16)4-2/h14-18H,4,6-13H2,1-2H3. The molecule has 1 aliphatic rings. The normalized spacial score (nSPS) is 24.6. The van der Waals surface area contributed by atoms with Crippen molar-refractivity contribution in [1.29, 1.82) is 0 Å². The molecule has 0 spiro atoms. The van der Waals surface area contributed by atoms with E-state index in [2.05, 4.69) is 24.1 Å². The first-order valence-corrected chi connectivity index (χ1v) is 7.67. The van der Waals surface area contributed by atoms with Crippen LogP contribution in [0.4, 0.5) is 0 Å². The van der Waals surface area contributed by atoms with Crippen LogP contribution in [0.1, 0.15) is 52.4 Å². The Hall–Kier alpha value is -0.560. The minimum absolute atomic E-state index is 0.361. The first-order valence-electron chi connectivity index (χ1n) is 7.67. The number of aliphatic hydroxyl groups is 1.